The molecule has 12 nitrogen and oxygen atoms in total. The fraction of sp³-hybridized carbons (Fsp3) is 0.323. The lowest BCUT2D eigenvalue weighted by Crippen LogP contribution is -2.57. The van der Waals surface area contributed by atoms with Crippen LogP contribution < -0.4 is 24.4 Å². The van der Waals surface area contributed by atoms with Gasteiger partial charge < -0.3 is 29.3 Å². The first-order valence-electron chi connectivity index (χ1n) is 14.2. The molecule has 2 aliphatic heterocycles. The minimum absolute atomic E-state index is 0.0736. The first-order valence-corrected chi connectivity index (χ1v) is 14.2. The van der Waals surface area contributed by atoms with E-state index in [-0.39, 0.29) is 37.7 Å². The van der Waals surface area contributed by atoms with E-state index in [1.165, 1.54) is 0 Å². The molecule has 2 aromatic carbocycles. The molecule has 1 atom stereocenters. The third-order valence-corrected chi connectivity index (χ3v) is 7.39. The predicted molar refractivity (Wildman–Crippen MR) is 157 cm³/mol. The second kappa shape index (κ2) is 12.8. The summed E-state index contributed by atoms with van der Waals surface area (Å²) >= 11 is 0. The molecular weight excluding hydrogens is 550 g/mol. The van der Waals surface area contributed by atoms with Crippen molar-refractivity contribution in [2.75, 3.05) is 44.5 Å². The fourth-order valence-electron chi connectivity index (χ4n) is 5.22. The van der Waals surface area contributed by atoms with E-state index in [4.69, 9.17) is 19.2 Å². The molecule has 1 fully saturated rings. The molecule has 2 amide bonds. The number of aromatic nitrogens is 4. The van der Waals surface area contributed by atoms with Gasteiger partial charge in [-0.2, -0.15) is 4.98 Å². The summed E-state index contributed by atoms with van der Waals surface area (Å²) in [6.45, 7) is 3.86. The maximum Gasteiger partial charge on any atom is 0.260 e. The van der Waals surface area contributed by atoms with Gasteiger partial charge in [0.05, 0.1) is 6.04 Å². The van der Waals surface area contributed by atoms with Crippen LogP contribution in [-0.2, 0) is 16.0 Å². The summed E-state index contributed by atoms with van der Waals surface area (Å²) in [5.74, 6) is 3.04. The maximum absolute atomic E-state index is 13.2. The first-order chi connectivity index (χ1) is 21.0. The molecule has 0 spiro atoms. The third kappa shape index (κ3) is 6.85. The molecule has 1 saturated heterocycles. The van der Waals surface area contributed by atoms with Gasteiger partial charge in [-0.05, 0) is 43.2 Å². The number of para-hydroxylation sites is 1. The number of piperazine rings is 1. The van der Waals surface area contributed by atoms with Crippen molar-refractivity contribution >= 4 is 17.6 Å². The van der Waals surface area contributed by atoms with Crippen molar-refractivity contribution < 1.29 is 23.8 Å². The molecule has 6 rings (SSSR count). The molecular formula is C31H33N7O5. The molecule has 0 radical (unpaired) electrons. The van der Waals surface area contributed by atoms with Crippen molar-refractivity contribution in [3.8, 4) is 23.2 Å². The van der Waals surface area contributed by atoms with Crippen LogP contribution in [0.2, 0.25) is 0 Å². The lowest BCUT2D eigenvalue weighted by Gasteiger charge is -2.42. The highest BCUT2D eigenvalue weighted by molar-refractivity contribution is 5.79. The number of benzene rings is 2. The van der Waals surface area contributed by atoms with Crippen LogP contribution in [0.5, 0.6) is 17.2 Å². The van der Waals surface area contributed by atoms with Crippen LogP contribution in [0, 0.1) is 6.92 Å². The second-order valence-corrected chi connectivity index (χ2v) is 10.4. The Kier molecular flexibility index (Phi) is 8.34. The van der Waals surface area contributed by atoms with E-state index in [1.54, 1.807) is 28.2 Å². The Morgan fingerprint density at radius 3 is 2.74 bits per heavy atom. The Morgan fingerprint density at radius 2 is 1.91 bits per heavy atom. The minimum atomic E-state index is -0.301. The maximum atomic E-state index is 13.2. The summed E-state index contributed by atoms with van der Waals surface area (Å²) in [6.07, 6.45) is 5.94. The van der Waals surface area contributed by atoms with Crippen molar-refractivity contribution in [1.82, 2.24) is 29.7 Å². The van der Waals surface area contributed by atoms with Gasteiger partial charge in [-0.25, -0.2) is 9.97 Å². The zero-order valence-corrected chi connectivity index (χ0v) is 23.9. The van der Waals surface area contributed by atoms with Crippen molar-refractivity contribution in [1.29, 1.82) is 0 Å². The molecule has 2 aliphatic rings. The molecule has 0 bridgehead atoms. The molecule has 222 valence electrons. The fourth-order valence-corrected chi connectivity index (χ4v) is 5.22. The summed E-state index contributed by atoms with van der Waals surface area (Å²) in [6, 6.07) is 16.6. The monoisotopic (exact) mass is 583 g/mol. The summed E-state index contributed by atoms with van der Waals surface area (Å²) in [7, 11) is 0. The Labute approximate surface area is 249 Å². The highest BCUT2D eigenvalue weighted by Crippen LogP contribution is 2.32. The molecule has 4 heterocycles. The number of hydrogen-bond acceptors (Lipinski definition) is 9. The smallest absolute Gasteiger partial charge is 0.260 e. The highest BCUT2D eigenvalue weighted by Gasteiger charge is 2.32. The molecule has 4 aromatic rings. The molecule has 43 heavy (non-hydrogen) atoms. The summed E-state index contributed by atoms with van der Waals surface area (Å²) < 4.78 is 18.3. The number of fused-ring (bicyclic) bond motifs is 1. The second-order valence-electron chi connectivity index (χ2n) is 10.4. The Hall–Kier alpha value is -5.13. The third-order valence-electron chi connectivity index (χ3n) is 7.39. The zero-order chi connectivity index (χ0) is 29.6. The van der Waals surface area contributed by atoms with E-state index >= 15 is 0 Å². The van der Waals surface area contributed by atoms with E-state index in [1.807, 2.05) is 61.5 Å². The van der Waals surface area contributed by atoms with Gasteiger partial charge in [-0.1, -0.05) is 24.3 Å². The van der Waals surface area contributed by atoms with Gasteiger partial charge in [0.2, 0.25) is 18.6 Å². The van der Waals surface area contributed by atoms with Gasteiger partial charge in [-0.3, -0.25) is 14.2 Å². The van der Waals surface area contributed by atoms with Crippen LogP contribution in [0.4, 0.5) is 5.82 Å². The van der Waals surface area contributed by atoms with Crippen LogP contribution >= 0.6 is 0 Å². The number of rotatable bonds is 10. The topological polar surface area (TPSA) is 124 Å². The number of nitrogens with one attached hydrogen (secondary N) is 1. The van der Waals surface area contributed by atoms with Gasteiger partial charge in [0.15, 0.2) is 18.1 Å². The number of carbonyl (C=O) groups is 2. The number of aryl methyl sites for hydroxylation is 1. The van der Waals surface area contributed by atoms with Gasteiger partial charge in [0, 0.05) is 56.8 Å². The van der Waals surface area contributed by atoms with Crippen LogP contribution in [-0.4, -0.2) is 81.9 Å². The summed E-state index contributed by atoms with van der Waals surface area (Å²) in [5.41, 5.74) is 1.83. The summed E-state index contributed by atoms with van der Waals surface area (Å²) in [4.78, 5) is 43.7. The largest absolute Gasteiger partial charge is 0.484 e. The standard InChI is InChI=1S/C31H33N7O5/c1-22-15-28(35-31(34-22)37-12-11-32-20-37)38-14-13-36(30(40)19-41-25-5-3-2-4-6-25)18-24(38)17-29(39)33-10-9-23-7-8-26-27(16-23)43-21-42-26/h2-8,11-12,15-16,20,24H,9-10,13-14,17-19,21H2,1H3,(H,33,39). The van der Waals surface area contributed by atoms with Crippen LogP contribution in [0.25, 0.3) is 5.95 Å². The van der Waals surface area contributed by atoms with Gasteiger partial charge in [0.25, 0.3) is 5.91 Å². The van der Waals surface area contributed by atoms with Gasteiger partial charge in [-0.15, -0.1) is 0 Å². The number of ether oxygens (including phenoxy) is 3. The quantitative estimate of drug-likeness (QED) is 0.300. The predicted octanol–water partition coefficient (Wildman–Crippen LogP) is 2.54. The number of nitrogens with zero attached hydrogens (tertiary/aromatic N) is 6. The van der Waals surface area contributed by atoms with E-state index in [0.29, 0.717) is 50.1 Å². The molecule has 1 N–H and O–H groups in total. The molecule has 12 heteroatoms. The van der Waals surface area contributed by atoms with E-state index in [0.717, 1.165) is 22.8 Å². The first kappa shape index (κ1) is 28.0. The number of hydrogen-bond donors (Lipinski definition) is 1. The van der Waals surface area contributed by atoms with E-state index in [9.17, 15) is 9.59 Å². The molecule has 0 saturated carbocycles. The Balaban J connectivity index is 1.14. The normalized spacial score (nSPS) is 15.8. The Bertz CT molecular complexity index is 1560. The van der Waals surface area contributed by atoms with Crippen molar-refractivity contribution in [2.24, 2.45) is 0 Å². The highest BCUT2D eigenvalue weighted by atomic mass is 16.7. The van der Waals surface area contributed by atoms with Crippen LogP contribution in [0.15, 0.2) is 73.3 Å². The number of carbonyl (C=O) groups excluding carboxylic acids is 2. The zero-order valence-electron chi connectivity index (χ0n) is 23.9. The lowest BCUT2D eigenvalue weighted by molar-refractivity contribution is -0.134. The average Bonchev–Trinajstić information content (AvgIpc) is 3.73. The SMILES string of the molecule is Cc1cc(N2CCN(C(=O)COc3ccccc3)CC2CC(=O)NCCc2ccc3c(c2)OCO3)nc(-n2ccnc2)n1. The molecule has 2 aromatic heterocycles. The minimum Gasteiger partial charge on any atom is -0.484 e. The van der Waals surface area contributed by atoms with Crippen LogP contribution in [0.1, 0.15) is 17.7 Å². The van der Waals surface area contributed by atoms with E-state index < -0.39 is 0 Å². The van der Waals surface area contributed by atoms with E-state index in [2.05, 4.69) is 20.2 Å². The van der Waals surface area contributed by atoms with Gasteiger partial charge in [0.1, 0.15) is 17.9 Å². The summed E-state index contributed by atoms with van der Waals surface area (Å²) in [5, 5.41) is 3.04. The number of amides is 2. The van der Waals surface area contributed by atoms with Crippen molar-refractivity contribution in [2.45, 2.75) is 25.8 Å². The molecule has 1 unspecified atom stereocenters. The van der Waals surface area contributed by atoms with Crippen molar-refractivity contribution in [3.05, 3.63) is 84.6 Å². The van der Waals surface area contributed by atoms with Crippen molar-refractivity contribution in [3.63, 3.8) is 0 Å². The average molecular weight is 584 g/mol. The molecule has 0 aliphatic carbocycles. The van der Waals surface area contributed by atoms with Gasteiger partial charge >= 0.3 is 0 Å². The van der Waals surface area contributed by atoms with Crippen LogP contribution in [0.3, 0.4) is 0 Å². The lowest BCUT2D eigenvalue weighted by atomic mass is 10.1. The Morgan fingerprint density at radius 1 is 1.05 bits per heavy atom. The number of anilines is 1. The number of imidazole rings is 1.